The van der Waals surface area contributed by atoms with Crippen LogP contribution in [0.15, 0.2) is 18.2 Å². The van der Waals surface area contributed by atoms with E-state index in [2.05, 4.69) is 26.8 Å². The Morgan fingerprint density at radius 2 is 1.82 bits per heavy atom. The molecule has 2 unspecified atom stereocenters. The van der Waals surface area contributed by atoms with E-state index < -0.39 is 12.2 Å². The number of aliphatic hydroxyl groups excluding tert-OH is 2. The molecule has 0 heterocycles. The van der Waals surface area contributed by atoms with Gasteiger partial charge < -0.3 is 15.9 Å². The fourth-order valence-corrected chi connectivity index (χ4v) is 1.81. The molecule has 4 N–H and O–H groups in total. The van der Waals surface area contributed by atoms with E-state index >= 15 is 0 Å². The Balaban J connectivity index is 3.06. The van der Waals surface area contributed by atoms with Crippen molar-refractivity contribution in [3.8, 4) is 0 Å². The van der Waals surface area contributed by atoms with Gasteiger partial charge in [-0.1, -0.05) is 39.0 Å². The van der Waals surface area contributed by atoms with Crippen molar-refractivity contribution in [1.82, 2.24) is 0 Å². The molecule has 0 aliphatic heterocycles. The zero-order chi connectivity index (χ0) is 13.2. The van der Waals surface area contributed by atoms with Gasteiger partial charge in [0.05, 0.1) is 6.10 Å². The van der Waals surface area contributed by atoms with Crippen LogP contribution in [0.3, 0.4) is 0 Å². The van der Waals surface area contributed by atoms with Crippen molar-refractivity contribution in [2.75, 3.05) is 6.54 Å². The minimum Gasteiger partial charge on any atom is -0.389 e. The molecule has 1 aromatic rings. The van der Waals surface area contributed by atoms with Crippen molar-refractivity contribution in [3.05, 3.63) is 34.9 Å². The highest BCUT2D eigenvalue weighted by molar-refractivity contribution is 5.36. The van der Waals surface area contributed by atoms with Crippen LogP contribution in [0.5, 0.6) is 0 Å². The summed E-state index contributed by atoms with van der Waals surface area (Å²) in [5.41, 5.74) is 8.38. The largest absolute Gasteiger partial charge is 0.389 e. The maximum Gasteiger partial charge on any atom is 0.106 e. The Morgan fingerprint density at radius 3 is 2.24 bits per heavy atom. The van der Waals surface area contributed by atoms with E-state index in [1.807, 2.05) is 19.1 Å². The minimum absolute atomic E-state index is 0.0572. The zero-order valence-electron chi connectivity index (χ0n) is 11.1. The van der Waals surface area contributed by atoms with Crippen LogP contribution in [0, 0.1) is 6.92 Å². The summed E-state index contributed by atoms with van der Waals surface area (Å²) in [4.78, 5) is 0. The Labute approximate surface area is 103 Å². The van der Waals surface area contributed by atoms with Crippen molar-refractivity contribution in [1.29, 1.82) is 0 Å². The van der Waals surface area contributed by atoms with Gasteiger partial charge >= 0.3 is 0 Å². The predicted octanol–water partition coefficient (Wildman–Crippen LogP) is 1.65. The van der Waals surface area contributed by atoms with Gasteiger partial charge in [0, 0.05) is 6.54 Å². The summed E-state index contributed by atoms with van der Waals surface area (Å²) in [5.74, 6) is 0. The molecule has 0 aromatic heterocycles. The third-order valence-electron chi connectivity index (χ3n) is 3.06. The smallest absolute Gasteiger partial charge is 0.106 e. The molecular weight excluding hydrogens is 214 g/mol. The van der Waals surface area contributed by atoms with E-state index in [4.69, 9.17) is 5.73 Å². The van der Waals surface area contributed by atoms with Gasteiger partial charge in [0.1, 0.15) is 6.10 Å². The number of aliphatic hydroxyl groups is 2. The van der Waals surface area contributed by atoms with Crippen LogP contribution in [-0.2, 0) is 5.41 Å². The molecule has 0 amide bonds. The first-order valence-corrected chi connectivity index (χ1v) is 5.94. The maximum absolute atomic E-state index is 9.93. The summed E-state index contributed by atoms with van der Waals surface area (Å²) in [5, 5.41) is 19.5. The van der Waals surface area contributed by atoms with Gasteiger partial charge in [-0.05, 0) is 29.0 Å². The molecule has 0 saturated heterocycles. The fraction of sp³-hybridized carbons (Fsp3) is 0.571. The average molecular weight is 237 g/mol. The van der Waals surface area contributed by atoms with Gasteiger partial charge in [0.25, 0.3) is 0 Å². The molecule has 17 heavy (non-hydrogen) atoms. The third-order valence-corrected chi connectivity index (χ3v) is 3.06. The van der Waals surface area contributed by atoms with Crippen LogP contribution in [0.1, 0.15) is 43.6 Å². The molecule has 1 aromatic carbocycles. The Bertz CT molecular complexity index is 382. The van der Waals surface area contributed by atoms with Gasteiger partial charge in [0.15, 0.2) is 0 Å². The van der Waals surface area contributed by atoms with Gasteiger partial charge in [-0.3, -0.25) is 0 Å². The van der Waals surface area contributed by atoms with Crippen LogP contribution in [0.2, 0.25) is 0 Å². The van der Waals surface area contributed by atoms with E-state index in [0.717, 1.165) is 11.1 Å². The summed E-state index contributed by atoms with van der Waals surface area (Å²) in [6.45, 7) is 8.43. The van der Waals surface area contributed by atoms with Crippen molar-refractivity contribution in [3.63, 3.8) is 0 Å². The number of hydrogen-bond acceptors (Lipinski definition) is 3. The average Bonchev–Trinajstić information content (AvgIpc) is 2.25. The number of aryl methyl sites for hydroxylation is 1. The van der Waals surface area contributed by atoms with Crippen LogP contribution in [0.4, 0.5) is 0 Å². The van der Waals surface area contributed by atoms with Crippen molar-refractivity contribution < 1.29 is 10.2 Å². The summed E-state index contributed by atoms with van der Waals surface area (Å²) in [7, 11) is 0. The van der Waals surface area contributed by atoms with Gasteiger partial charge in [0.2, 0.25) is 0 Å². The summed E-state index contributed by atoms with van der Waals surface area (Å²) in [6, 6.07) is 5.93. The normalized spacial score (nSPS) is 15.7. The molecule has 0 bridgehead atoms. The van der Waals surface area contributed by atoms with Crippen molar-refractivity contribution in [2.45, 2.75) is 45.3 Å². The lowest BCUT2D eigenvalue weighted by Gasteiger charge is -2.23. The van der Waals surface area contributed by atoms with Crippen molar-refractivity contribution >= 4 is 0 Å². The Morgan fingerprint density at radius 1 is 1.24 bits per heavy atom. The lowest BCUT2D eigenvalue weighted by molar-refractivity contribution is 0.0239. The first-order chi connectivity index (χ1) is 7.77. The molecule has 2 atom stereocenters. The molecule has 0 spiro atoms. The van der Waals surface area contributed by atoms with Crippen molar-refractivity contribution in [2.24, 2.45) is 5.73 Å². The maximum atomic E-state index is 9.93. The van der Waals surface area contributed by atoms with Gasteiger partial charge in [-0.2, -0.15) is 0 Å². The molecule has 3 nitrogen and oxygen atoms in total. The molecule has 1 rings (SSSR count). The number of rotatable bonds is 3. The topological polar surface area (TPSA) is 66.5 Å². The Hall–Kier alpha value is -0.900. The second kappa shape index (κ2) is 5.17. The quantitative estimate of drug-likeness (QED) is 0.749. The first kappa shape index (κ1) is 14.2. The lowest BCUT2D eigenvalue weighted by atomic mass is 9.84. The van der Waals surface area contributed by atoms with E-state index in [-0.39, 0.29) is 12.0 Å². The predicted molar refractivity (Wildman–Crippen MR) is 69.9 cm³/mol. The first-order valence-electron chi connectivity index (χ1n) is 5.94. The standard InChI is InChI=1S/C14H23NO2/c1-9-7-10(14(2,3)4)5-6-11(9)13(17)12(16)8-15/h5-7,12-13,16-17H,8,15H2,1-4H3. The molecule has 96 valence electrons. The van der Waals surface area contributed by atoms with Crippen LogP contribution >= 0.6 is 0 Å². The molecule has 0 aliphatic rings. The van der Waals surface area contributed by atoms with Gasteiger partial charge in [-0.15, -0.1) is 0 Å². The minimum atomic E-state index is -0.908. The highest BCUT2D eigenvalue weighted by atomic mass is 16.3. The highest BCUT2D eigenvalue weighted by Gasteiger charge is 2.20. The number of benzene rings is 1. The van der Waals surface area contributed by atoms with Crippen LogP contribution in [-0.4, -0.2) is 22.9 Å². The van der Waals surface area contributed by atoms with Crippen LogP contribution < -0.4 is 5.73 Å². The van der Waals surface area contributed by atoms with E-state index in [0.29, 0.717) is 0 Å². The molecule has 0 radical (unpaired) electrons. The molecule has 0 saturated carbocycles. The number of nitrogens with two attached hydrogens (primary N) is 1. The zero-order valence-corrected chi connectivity index (χ0v) is 11.1. The highest BCUT2D eigenvalue weighted by Crippen LogP contribution is 2.27. The fourth-order valence-electron chi connectivity index (χ4n) is 1.81. The molecule has 3 heteroatoms. The number of hydrogen-bond donors (Lipinski definition) is 3. The molecular formula is C14H23NO2. The summed E-state index contributed by atoms with van der Waals surface area (Å²) < 4.78 is 0. The van der Waals surface area contributed by atoms with Gasteiger partial charge in [-0.25, -0.2) is 0 Å². The second-order valence-corrected chi connectivity index (χ2v) is 5.57. The summed E-state index contributed by atoms with van der Waals surface area (Å²) in [6.07, 6.45) is -1.82. The monoisotopic (exact) mass is 237 g/mol. The van der Waals surface area contributed by atoms with E-state index in [1.54, 1.807) is 0 Å². The molecule has 0 aliphatic carbocycles. The lowest BCUT2D eigenvalue weighted by Crippen LogP contribution is -2.27. The second-order valence-electron chi connectivity index (χ2n) is 5.57. The van der Waals surface area contributed by atoms with E-state index in [1.165, 1.54) is 5.56 Å². The third kappa shape index (κ3) is 3.28. The summed E-state index contributed by atoms with van der Waals surface area (Å²) >= 11 is 0. The molecule has 0 fully saturated rings. The van der Waals surface area contributed by atoms with E-state index in [9.17, 15) is 10.2 Å². The Kier molecular flexibility index (Phi) is 4.31. The SMILES string of the molecule is Cc1cc(C(C)(C)C)ccc1C(O)C(O)CN. The van der Waals surface area contributed by atoms with Crippen LogP contribution in [0.25, 0.3) is 0 Å².